The predicted octanol–water partition coefficient (Wildman–Crippen LogP) is 2.90. The summed E-state index contributed by atoms with van der Waals surface area (Å²) in [5.41, 5.74) is 1.02. The van der Waals surface area contributed by atoms with Crippen LogP contribution in [0.2, 0.25) is 0 Å². The van der Waals surface area contributed by atoms with Crippen molar-refractivity contribution < 1.29 is 40.7 Å². The molecule has 0 aliphatic rings. The Bertz CT molecular complexity index is 841. The van der Waals surface area contributed by atoms with E-state index in [1.54, 1.807) is 19.3 Å². The number of aromatic nitrogens is 1. The molecule has 2 amide bonds. The van der Waals surface area contributed by atoms with Gasteiger partial charge >= 0.3 is 12.4 Å². The number of halogens is 6. The molecule has 1 aromatic heterocycles. The molecule has 0 atom stereocenters. The van der Waals surface area contributed by atoms with E-state index in [-0.39, 0.29) is 11.8 Å². The highest BCUT2D eigenvalue weighted by Gasteiger charge is 2.37. The van der Waals surface area contributed by atoms with Crippen molar-refractivity contribution in [3.8, 4) is 5.75 Å². The van der Waals surface area contributed by atoms with Gasteiger partial charge in [-0.1, -0.05) is 0 Å². The molecule has 0 aliphatic carbocycles. The van der Waals surface area contributed by atoms with Crippen molar-refractivity contribution in [2.24, 2.45) is 7.05 Å². The van der Waals surface area contributed by atoms with Gasteiger partial charge in [0.1, 0.15) is 11.4 Å². The molecule has 0 saturated carbocycles. The third kappa shape index (κ3) is 5.41. The lowest BCUT2D eigenvalue weighted by molar-refractivity contribution is -0.143. The van der Waals surface area contributed by atoms with Crippen LogP contribution in [-0.2, 0) is 24.2 Å². The number of hydrogen-bond donors (Lipinski definition) is 2. The van der Waals surface area contributed by atoms with Gasteiger partial charge in [-0.05, 0) is 30.3 Å². The molecule has 0 bridgehead atoms. The number of amides is 2. The van der Waals surface area contributed by atoms with E-state index in [0.29, 0.717) is 12.1 Å². The molecule has 0 fully saturated rings. The SMILES string of the molecule is Cn1cccc1C(=O)NNC(=O)COc1cc(C(F)(F)F)cc(C(F)(F)F)c1. The molecule has 0 spiro atoms. The largest absolute Gasteiger partial charge is 0.484 e. The van der Waals surface area contributed by atoms with E-state index in [0.717, 1.165) is 0 Å². The van der Waals surface area contributed by atoms with Gasteiger partial charge in [0.15, 0.2) is 6.61 Å². The Hall–Kier alpha value is -3.18. The summed E-state index contributed by atoms with van der Waals surface area (Å²) in [7, 11) is 1.58. The summed E-state index contributed by atoms with van der Waals surface area (Å²) in [4.78, 5) is 23.4. The van der Waals surface area contributed by atoms with Crippen LogP contribution in [0.1, 0.15) is 21.6 Å². The number of alkyl halides is 6. The topological polar surface area (TPSA) is 72.4 Å². The first-order chi connectivity index (χ1) is 12.9. The Morgan fingerprint density at radius 1 is 1.00 bits per heavy atom. The fraction of sp³-hybridized carbons (Fsp3) is 0.250. The number of carbonyl (C=O) groups is 2. The van der Waals surface area contributed by atoms with Crippen LogP contribution in [0.5, 0.6) is 5.75 Å². The Labute approximate surface area is 154 Å². The molecule has 28 heavy (non-hydrogen) atoms. The smallest absolute Gasteiger partial charge is 0.416 e. The number of carbonyl (C=O) groups excluding carboxylic acids is 2. The van der Waals surface area contributed by atoms with Crippen LogP contribution in [0.15, 0.2) is 36.5 Å². The average Bonchev–Trinajstić information content (AvgIpc) is 3.02. The van der Waals surface area contributed by atoms with Crippen molar-refractivity contribution in [1.29, 1.82) is 0 Å². The third-order valence-corrected chi connectivity index (χ3v) is 3.42. The minimum Gasteiger partial charge on any atom is -0.484 e. The third-order valence-electron chi connectivity index (χ3n) is 3.42. The molecule has 0 unspecified atom stereocenters. The van der Waals surface area contributed by atoms with Crippen LogP contribution in [-0.4, -0.2) is 23.0 Å². The van der Waals surface area contributed by atoms with Gasteiger partial charge in [-0.15, -0.1) is 0 Å². The van der Waals surface area contributed by atoms with E-state index in [1.807, 2.05) is 10.9 Å². The number of benzene rings is 1. The monoisotopic (exact) mass is 409 g/mol. The summed E-state index contributed by atoms with van der Waals surface area (Å²) < 4.78 is 82.7. The van der Waals surface area contributed by atoms with E-state index in [4.69, 9.17) is 4.74 Å². The first-order valence-corrected chi connectivity index (χ1v) is 7.50. The Kier molecular flexibility index (Phi) is 5.90. The summed E-state index contributed by atoms with van der Waals surface area (Å²) in [6.45, 7) is -0.925. The zero-order valence-corrected chi connectivity index (χ0v) is 14.1. The molecule has 0 radical (unpaired) electrons. The highest BCUT2D eigenvalue weighted by Crippen LogP contribution is 2.38. The van der Waals surface area contributed by atoms with Gasteiger partial charge < -0.3 is 9.30 Å². The number of aryl methyl sites for hydroxylation is 1. The average molecular weight is 409 g/mol. The molecule has 2 aromatic rings. The van der Waals surface area contributed by atoms with Gasteiger partial charge in [0.2, 0.25) is 0 Å². The van der Waals surface area contributed by atoms with Gasteiger partial charge in [0.05, 0.1) is 11.1 Å². The molecule has 0 saturated heterocycles. The minimum absolute atomic E-state index is 0.0625. The van der Waals surface area contributed by atoms with Crippen LogP contribution in [0, 0.1) is 0 Å². The van der Waals surface area contributed by atoms with Crippen molar-refractivity contribution in [2.45, 2.75) is 12.4 Å². The quantitative estimate of drug-likeness (QED) is 0.603. The van der Waals surface area contributed by atoms with E-state index >= 15 is 0 Å². The first kappa shape index (κ1) is 21.1. The van der Waals surface area contributed by atoms with Gasteiger partial charge in [-0.2, -0.15) is 26.3 Å². The van der Waals surface area contributed by atoms with Crippen LogP contribution in [0.4, 0.5) is 26.3 Å². The number of nitrogens with zero attached hydrogens (tertiary/aromatic N) is 1. The summed E-state index contributed by atoms with van der Waals surface area (Å²) in [6.07, 6.45) is -8.50. The van der Waals surface area contributed by atoms with Crippen LogP contribution in [0.25, 0.3) is 0 Å². The number of hydrazine groups is 1. The maximum atomic E-state index is 12.8. The number of nitrogens with one attached hydrogen (secondary N) is 2. The maximum Gasteiger partial charge on any atom is 0.416 e. The van der Waals surface area contributed by atoms with Crippen molar-refractivity contribution in [3.05, 3.63) is 53.3 Å². The van der Waals surface area contributed by atoms with Crippen molar-refractivity contribution in [3.63, 3.8) is 0 Å². The normalized spacial score (nSPS) is 11.8. The van der Waals surface area contributed by atoms with Gasteiger partial charge in [-0.3, -0.25) is 20.4 Å². The Balaban J connectivity index is 2.02. The summed E-state index contributed by atoms with van der Waals surface area (Å²) >= 11 is 0. The second kappa shape index (κ2) is 7.82. The van der Waals surface area contributed by atoms with E-state index < -0.39 is 47.7 Å². The van der Waals surface area contributed by atoms with Gasteiger partial charge in [0, 0.05) is 13.2 Å². The highest BCUT2D eigenvalue weighted by molar-refractivity contribution is 5.94. The summed E-state index contributed by atoms with van der Waals surface area (Å²) in [5, 5.41) is 0. The number of hydrogen-bond acceptors (Lipinski definition) is 3. The highest BCUT2D eigenvalue weighted by atomic mass is 19.4. The molecular weight excluding hydrogens is 396 g/mol. The Morgan fingerprint density at radius 2 is 1.57 bits per heavy atom. The lowest BCUT2D eigenvalue weighted by Crippen LogP contribution is -2.44. The van der Waals surface area contributed by atoms with E-state index in [1.165, 1.54) is 10.6 Å². The first-order valence-electron chi connectivity index (χ1n) is 7.50. The molecule has 0 aliphatic heterocycles. The fourth-order valence-corrected chi connectivity index (χ4v) is 2.08. The standard InChI is InChI=1S/C16H13F6N3O3/c1-25-4-2-3-12(25)14(27)24-23-13(26)8-28-11-6-9(15(17,18)19)5-10(7-11)16(20,21)22/h2-7H,8H2,1H3,(H,23,26)(H,24,27). The second-order valence-corrected chi connectivity index (χ2v) is 5.54. The molecule has 12 heteroatoms. The van der Waals surface area contributed by atoms with Gasteiger partial charge in [-0.25, -0.2) is 0 Å². The molecule has 6 nitrogen and oxygen atoms in total. The number of rotatable bonds is 4. The summed E-state index contributed by atoms with van der Waals surface area (Å²) in [6, 6.07) is 3.65. The minimum atomic E-state index is -5.04. The van der Waals surface area contributed by atoms with Crippen molar-refractivity contribution in [1.82, 2.24) is 15.4 Å². The maximum absolute atomic E-state index is 12.8. The van der Waals surface area contributed by atoms with Crippen molar-refractivity contribution in [2.75, 3.05) is 6.61 Å². The van der Waals surface area contributed by atoms with E-state index in [9.17, 15) is 35.9 Å². The van der Waals surface area contributed by atoms with Crippen LogP contribution in [0.3, 0.4) is 0 Å². The molecule has 2 N–H and O–H groups in total. The summed E-state index contributed by atoms with van der Waals surface area (Å²) in [5.74, 6) is -2.47. The molecule has 152 valence electrons. The number of ether oxygens (including phenoxy) is 1. The lowest BCUT2D eigenvalue weighted by atomic mass is 10.1. The molecular formula is C16H13F6N3O3. The van der Waals surface area contributed by atoms with Crippen molar-refractivity contribution >= 4 is 11.8 Å². The zero-order valence-electron chi connectivity index (χ0n) is 14.1. The second-order valence-electron chi connectivity index (χ2n) is 5.54. The molecule has 2 rings (SSSR count). The van der Waals surface area contributed by atoms with Crippen LogP contribution >= 0.6 is 0 Å². The molecule has 1 aromatic carbocycles. The van der Waals surface area contributed by atoms with Crippen LogP contribution < -0.4 is 15.6 Å². The van der Waals surface area contributed by atoms with E-state index in [2.05, 4.69) is 0 Å². The lowest BCUT2D eigenvalue weighted by Gasteiger charge is -2.15. The zero-order chi connectivity index (χ0) is 21.1. The van der Waals surface area contributed by atoms with Gasteiger partial charge in [0.25, 0.3) is 11.8 Å². The predicted molar refractivity (Wildman–Crippen MR) is 83.0 cm³/mol. The molecule has 1 heterocycles. The Morgan fingerprint density at radius 3 is 2.04 bits per heavy atom. The fourth-order valence-electron chi connectivity index (χ4n) is 2.08.